The Morgan fingerprint density at radius 1 is 0.663 bits per heavy atom. The fourth-order valence-corrected chi connectivity index (χ4v) is 12.0. The molecule has 0 aliphatic carbocycles. The van der Waals surface area contributed by atoms with Gasteiger partial charge >= 0.3 is 11.9 Å². The van der Waals surface area contributed by atoms with Crippen LogP contribution in [0.25, 0.3) is 0 Å². The lowest BCUT2D eigenvalue weighted by molar-refractivity contribution is -0.142. The normalized spacial score (nSPS) is 23.8. The second kappa shape index (κ2) is 42.2. The lowest BCUT2D eigenvalue weighted by Gasteiger charge is -2.30. The van der Waals surface area contributed by atoms with Gasteiger partial charge in [0.25, 0.3) is 0 Å². The van der Waals surface area contributed by atoms with Gasteiger partial charge in [0, 0.05) is 37.7 Å². The van der Waals surface area contributed by atoms with Gasteiger partial charge in [-0.3, -0.25) is 72.1 Å². The predicted octanol–water partition coefficient (Wildman–Crippen LogP) is -2.36. The van der Waals surface area contributed by atoms with Crippen LogP contribution in [0.4, 0.5) is 0 Å². The molecule has 34 nitrogen and oxygen atoms in total. The van der Waals surface area contributed by atoms with Crippen LogP contribution in [0.1, 0.15) is 150 Å². The number of primary amides is 1. The summed E-state index contributed by atoms with van der Waals surface area (Å²) in [5, 5.41) is 59.4. The first-order valence-electron chi connectivity index (χ1n) is 34.2. The van der Waals surface area contributed by atoms with E-state index in [2.05, 4.69) is 73.4 Å². The summed E-state index contributed by atoms with van der Waals surface area (Å²) in [5.41, 5.74) is 17.3. The van der Waals surface area contributed by atoms with Crippen molar-refractivity contribution in [1.29, 1.82) is 0 Å². The number of carboxylic acids is 2. The summed E-state index contributed by atoms with van der Waals surface area (Å²) in [6.07, 6.45) is -0.0178. The minimum absolute atomic E-state index is 0.00735. The number of hydrogen-bond donors (Lipinski definition) is 18. The van der Waals surface area contributed by atoms with Gasteiger partial charge in [0.05, 0.1) is 30.3 Å². The van der Waals surface area contributed by atoms with Crippen LogP contribution in [-0.2, 0) is 80.0 Å². The van der Waals surface area contributed by atoms with Crippen molar-refractivity contribution < 1.29 is 82.4 Å². The number of aliphatic hydroxyl groups excluding tert-OH is 1. The third-order valence-corrected chi connectivity index (χ3v) is 18.7. The molecule has 1 fully saturated rings. The Labute approximate surface area is 590 Å². The van der Waals surface area contributed by atoms with Gasteiger partial charge in [-0.25, -0.2) is 4.98 Å². The Morgan fingerprint density at radius 3 is 1.84 bits per heavy atom. The summed E-state index contributed by atoms with van der Waals surface area (Å²) >= 11 is 0.926. The minimum atomic E-state index is -1.95. The molecule has 2 aliphatic heterocycles. The molecule has 12 amide bonds. The average molecular weight is 1440 g/mol. The average Bonchev–Trinajstić information content (AvgIpc) is 1.50. The van der Waals surface area contributed by atoms with Crippen LogP contribution in [0.3, 0.4) is 0 Å². The number of aromatic amines is 1. The number of nitrogens with two attached hydrogens (primary N) is 3. The fraction of sp³-hybridized carbons (Fsp3) is 0.636. The van der Waals surface area contributed by atoms with Crippen LogP contribution in [0.2, 0.25) is 0 Å². The summed E-state index contributed by atoms with van der Waals surface area (Å²) < 4.78 is 0. The smallest absolute Gasteiger partial charge is 0.305 e. The molecule has 560 valence electrons. The molecular weight excluding hydrogens is 1330 g/mol. The summed E-state index contributed by atoms with van der Waals surface area (Å²) in [6.45, 7) is 13.8. The van der Waals surface area contributed by atoms with Crippen molar-refractivity contribution in [2.45, 2.75) is 230 Å². The van der Waals surface area contributed by atoms with Crippen LogP contribution >= 0.6 is 11.8 Å². The Morgan fingerprint density at radius 2 is 1.26 bits per heavy atom. The van der Waals surface area contributed by atoms with Gasteiger partial charge in [-0.15, -0.1) is 0 Å². The van der Waals surface area contributed by atoms with E-state index >= 15 is 0 Å². The highest BCUT2D eigenvalue weighted by Gasteiger charge is 2.42. The van der Waals surface area contributed by atoms with Gasteiger partial charge in [-0.1, -0.05) is 117 Å². The SMILES string of the molecule is CC[C@H](C)[C@H](N)C1=N[C@H](C(=O)N[C@@H](CC(C)C)C(=O)N[C@H](CCC(=O)O)C(=O)N[C@H](C(=O)N[C@H]2CCCCNC(=O)[C@H](CC(N)=O)NC(=O)[C@@H](CC(=O)O)NC(=O)[C@H](Cc3cnc[nH]3)NC(=O)[C@@H](Cc3ccccc3)NC(=O)[C@H]([C@@H](C)CC)NC(=O)[C@@H](CCCN)NC2=O)[C@@H](C)CC)C(O)S1. The maximum absolute atomic E-state index is 14.9. The van der Waals surface area contributed by atoms with Gasteiger partial charge in [-0.05, 0) is 80.7 Å². The van der Waals surface area contributed by atoms with Gasteiger partial charge in [0.15, 0.2) is 6.04 Å². The summed E-state index contributed by atoms with van der Waals surface area (Å²) in [7, 11) is 0. The number of imidazole rings is 1. The van der Waals surface area contributed by atoms with E-state index in [4.69, 9.17) is 17.2 Å². The maximum atomic E-state index is 14.9. The van der Waals surface area contributed by atoms with E-state index in [0.717, 1.165) is 11.8 Å². The molecule has 0 bridgehead atoms. The summed E-state index contributed by atoms with van der Waals surface area (Å²) in [6, 6.07) is -9.30. The van der Waals surface area contributed by atoms with Crippen molar-refractivity contribution in [2.24, 2.45) is 45.9 Å². The number of hydrogen-bond acceptors (Lipinski definition) is 20. The lowest BCUT2D eigenvalue weighted by atomic mass is 9.96. The number of benzene rings is 1. The highest BCUT2D eigenvalue weighted by atomic mass is 32.2. The van der Waals surface area contributed by atoms with Gasteiger partial charge in [-0.2, -0.15) is 0 Å². The largest absolute Gasteiger partial charge is 0.481 e. The molecule has 16 atom stereocenters. The van der Waals surface area contributed by atoms with E-state index < -0.39 is 198 Å². The van der Waals surface area contributed by atoms with Crippen LogP contribution in [0.5, 0.6) is 0 Å². The predicted molar refractivity (Wildman–Crippen MR) is 370 cm³/mol. The molecule has 0 spiro atoms. The van der Waals surface area contributed by atoms with Crippen LogP contribution in [0, 0.1) is 23.7 Å². The molecule has 1 saturated heterocycles. The van der Waals surface area contributed by atoms with E-state index in [1.807, 2.05) is 13.8 Å². The van der Waals surface area contributed by atoms with Gasteiger partial charge in [0.1, 0.15) is 65.9 Å². The molecule has 0 saturated carbocycles. The molecule has 1 aromatic heterocycles. The number of H-pyrrole nitrogens is 1. The Bertz CT molecular complexity index is 3200. The highest BCUT2D eigenvalue weighted by Crippen LogP contribution is 2.29. The Balaban J connectivity index is 1.78. The number of amides is 12. The minimum Gasteiger partial charge on any atom is -0.481 e. The topological polar surface area (TPSA) is 551 Å². The number of rotatable bonds is 31. The summed E-state index contributed by atoms with van der Waals surface area (Å²) in [4.78, 5) is 207. The van der Waals surface area contributed by atoms with E-state index in [-0.39, 0.29) is 94.8 Å². The zero-order valence-corrected chi connectivity index (χ0v) is 59.3. The number of aliphatic carboxylic acids is 2. The monoisotopic (exact) mass is 1440 g/mol. The molecule has 35 heteroatoms. The molecule has 2 aliphatic rings. The van der Waals surface area contributed by atoms with E-state index in [1.165, 1.54) is 12.5 Å². The van der Waals surface area contributed by atoms with Crippen LogP contribution in [-0.4, -0.2) is 204 Å². The van der Waals surface area contributed by atoms with Crippen molar-refractivity contribution in [3.8, 4) is 0 Å². The molecule has 0 radical (unpaired) electrons. The first kappa shape index (κ1) is 84.3. The van der Waals surface area contributed by atoms with Crippen molar-refractivity contribution in [3.63, 3.8) is 0 Å². The van der Waals surface area contributed by atoms with Crippen molar-refractivity contribution in [3.05, 3.63) is 54.1 Å². The zero-order valence-electron chi connectivity index (χ0n) is 58.5. The van der Waals surface area contributed by atoms with E-state index in [0.29, 0.717) is 17.0 Å². The molecule has 1 aromatic carbocycles. The Kier molecular flexibility index (Phi) is 35.3. The molecule has 101 heavy (non-hydrogen) atoms. The first-order valence-corrected chi connectivity index (χ1v) is 35.1. The van der Waals surface area contributed by atoms with E-state index in [1.54, 1.807) is 71.9 Å². The van der Waals surface area contributed by atoms with Gasteiger partial charge < -0.3 is 96.0 Å². The first-order chi connectivity index (χ1) is 47.8. The number of carbonyl (C=O) groups excluding carboxylic acids is 12. The van der Waals surface area contributed by atoms with Crippen LogP contribution < -0.4 is 75.7 Å². The maximum Gasteiger partial charge on any atom is 0.305 e. The number of aromatic nitrogens is 2. The Hall–Kier alpha value is -9.09. The van der Waals surface area contributed by atoms with E-state index in [9.17, 15) is 82.4 Å². The molecule has 2 aromatic rings. The second-order valence-electron chi connectivity index (χ2n) is 26.1. The third kappa shape index (κ3) is 27.8. The number of aliphatic hydroxyl groups is 1. The van der Waals surface area contributed by atoms with Crippen molar-refractivity contribution in [2.75, 3.05) is 13.1 Å². The molecule has 3 heterocycles. The number of carbonyl (C=O) groups is 14. The molecule has 4 rings (SSSR count). The second-order valence-corrected chi connectivity index (χ2v) is 27.2. The number of carboxylic acid groups (broad SMARTS) is 2. The number of nitrogens with zero attached hydrogens (tertiary/aromatic N) is 2. The highest BCUT2D eigenvalue weighted by molar-refractivity contribution is 8.14. The van der Waals surface area contributed by atoms with Crippen molar-refractivity contribution >= 4 is 99.6 Å². The summed E-state index contributed by atoms with van der Waals surface area (Å²) in [5.74, 6) is -16.4. The lowest BCUT2D eigenvalue weighted by Crippen LogP contribution is -2.62. The van der Waals surface area contributed by atoms with Gasteiger partial charge in [0.2, 0.25) is 70.9 Å². The molecular formula is C66H103N17O17S. The number of thioether (sulfide) groups is 1. The number of nitrogens with one attached hydrogen (secondary N) is 12. The fourth-order valence-electron chi connectivity index (χ4n) is 10.9. The quantitative estimate of drug-likeness (QED) is 0.0375. The number of aliphatic imine (C=N–C) groups is 1. The molecule has 21 N–H and O–H groups in total. The third-order valence-electron chi connectivity index (χ3n) is 17.6. The van der Waals surface area contributed by atoms with Crippen molar-refractivity contribution in [1.82, 2.24) is 68.5 Å². The molecule has 1 unspecified atom stereocenters. The van der Waals surface area contributed by atoms with Crippen LogP contribution in [0.15, 0.2) is 47.8 Å². The standard InChI is InChI=1S/C66H103N17O17S/c1-9-34(6)50(69)65-83-53(66(100)101-65)64(99)79-42(26-33(4)5)58(93)74-41(22-23-48(85)86)57(92)82-51(35(7)10-2)62(97)75-39-20-15-16-25-71-54(89)45(29-47(68)84)77-61(96)46(30-49(87)88)78-60(95)44(28-38-31-70-32-72-38)76-59(94)43(27-37-18-13-12-14-19-37)80-63(98)52(36(8)11-3)81-56(91)40(21-17-24-67)73-55(39)90/h12-14,18-19,31-36,39-46,50-53,66,100H,9-11,15-17,20-30,67,69H2,1-8H3,(H2,68,84)(H,70,72)(H,71,89)(H,73,90)(H,74,93)(H,75,97)(H,76,94)(H,77,96)(H,78,95)(H,79,99)(H,80,98)(H,81,91)(H,82,92)(H,85,86)(H,87,88)/t34-,35-,36-,39-,40+,41+,42-,43+,44-,45-,46+,50-,51-,52-,53+,66?/m0/s1. The zero-order chi connectivity index (χ0) is 75.2.